The van der Waals surface area contributed by atoms with Crippen molar-refractivity contribution in [1.29, 1.82) is 0 Å². The summed E-state index contributed by atoms with van der Waals surface area (Å²) in [6.45, 7) is 3.85. The van der Waals surface area contributed by atoms with Crippen molar-refractivity contribution in [2.24, 2.45) is 5.10 Å². The number of ether oxygens (including phenoxy) is 1. The summed E-state index contributed by atoms with van der Waals surface area (Å²) in [4.78, 5) is 15.1. The maximum atomic E-state index is 11.5. The molecule has 0 aliphatic rings. The monoisotopic (exact) mass is 405 g/mol. The molecular formula is C19H23N3O5S. The number of hydrogen-bond acceptors (Lipinski definition) is 7. The number of sulfone groups is 1. The molecule has 0 fully saturated rings. The molecule has 1 heterocycles. The number of benzene rings is 1. The molecule has 9 heteroatoms. The average Bonchev–Trinajstić information content (AvgIpc) is 2.65. The van der Waals surface area contributed by atoms with Gasteiger partial charge in [0, 0.05) is 6.26 Å². The second-order valence-electron chi connectivity index (χ2n) is 6.10. The standard InChI is InChI=1S/C19H23N3O5S/c1-4-6-17(19(23)24)22-21-16-9-7-14(11-13(16)5-2)27-15-8-10-18(20-12-15)28(3,25)26/h7-12,21H,4-6H2,1-3H3,(H,23,24). The van der Waals surface area contributed by atoms with Gasteiger partial charge in [-0.15, -0.1) is 0 Å². The Morgan fingerprint density at radius 1 is 1.21 bits per heavy atom. The smallest absolute Gasteiger partial charge is 0.352 e. The Bertz CT molecular complexity index is 970. The van der Waals surface area contributed by atoms with E-state index in [4.69, 9.17) is 9.84 Å². The molecule has 0 unspecified atom stereocenters. The topological polar surface area (TPSA) is 118 Å². The fraction of sp³-hybridized carbons (Fsp3) is 0.316. The summed E-state index contributed by atoms with van der Waals surface area (Å²) in [7, 11) is -3.36. The van der Waals surface area contributed by atoms with E-state index in [2.05, 4.69) is 15.5 Å². The molecule has 0 spiro atoms. The third kappa shape index (κ3) is 5.78. The number of rotatable bonds is 9. The highest BCUT2D eigenvalue weighted by Crippen LogP contribution is 2.27. The van der Waals surface area contributed by atoms with Crippen molar-refractivity contribution in [3.05, 3.63) is 42.1 Å². The third-order valence-corrected chi connectivity index (χ3v) is 4.83. The van der Waals surface area contributed by atoms with Gasteiger partial charge in [-0.2, -0.15) is 5.10 Å². The zero-order valence-electron chi connectivity index (χ0n) is 16.0. The summed E-state index contributed by atoms with van der Waals surface area (Å²) in [5.41, 5.74) is 4.47. The second-order valence-corrected chi connectivity index (χ2v) is 8.07. The third-order valence-electron chi connectivity index (χ3n) is 3.83. The van der Waals surface area contributed by atoms with Crippen LogP contribution in [0.3, 0.4) is 0 Å². The van der Waals surface area contributed by atoms with Gasteiger partial charge in [-0.3, -0.25) is 5.43 Å². The minimum absolute atomic E-state index is 0.0205. The molecule has 1 aromatic carbocycles. The Kier molecular flexibility index (Phi) is 7.11. The van der Waals surface area contributed by atoms with Gasteiger partial charge in [-0.25, -0.2) is 18.2 Å². The minimum Gasteiger partial charge on any atom is -0.477 e. The molecule has 2 N–H and O–H groups in total. The maximum absolute atomic E-state index is 11.5. The largest absolute Gasteiger partial charge is 0.477 e. The highest BCUT2D eigenvalue weighted by Gasteiger charge is 2.11. The Morgan fingerprint density at radius 2 is 1.93 bits per heavy atom. The van der Waals surface area contributed by atoms with Crippen LogP contribution < -0.4 is 10.2 Å². The molecule has 0 amide bonds. The van der Waals surface area contributed by atoms with Gasteiger partial charge in [-0.05, 0) is 48.7 Å². The molecule has 0 aliphatic carbocycles. The predicted molar refractivity (Wildman–Crippen MR) is 107 cm³/mol. The van der Waals surface area contributed by atoms with Crippen molar-refractivity contribution in [2.75, 3.05) is 11.7 Å². The van der Waals surface area contributed by atoms with Gasteiger partial charge in [-0.1, -0.05) is 20.3 Å². The van der Waals surface area contributed by atoms with E-state index in [1.54, 1.807) is 12.1 Å². The average molecular weight is 405 g/mol. The van der Waals surface area contributed by atoms with E-state index in [0.717, 1.165) is 11.8 Å². The SMILES string of the molecule is CCCC(=NNc1ccc(Oc2ccc(S(C)(=O)=O)nc2)cc1CC)C(=O)O. The number of aryl methyl sites for hydroxylation is 1. The van der Waals surface area contributed by atoms with E-state index in [1.807, 2.05) is 19.9 Å². The van der Waals surface area contributed by atoms with Crippen molar-refractivity contribution in [2.45, 2.75) is 38.1 Å². The minimum atomic E-state index is -3.36. The molecule has 0 radical (unpaired) electrons. The number of pyridine rings is 1. The van der Waals surface area contributed by atoms with E-state index in [0.29, 0.717) is 36.4 Å². The number of carboxylic acids is 1. The van der Waals surface area contributed by atoms with Crippen molar-refractivity contribution in [3.8, 4) is 11.5 Å². The summed E-state index contributed by atoms with van der Waals surface area (Å²) in [6, 6.07) is 8.19. The predicted octanol–water partition coefficient (Wildman–Crippen LogP) is 3.49. The van der Waals surface area contributed by atoms with Gasteiger partial charge in [0.15, 0.2) is 14.9 Å². The van der Waals surface area contributed by atoms with Crippen LogP contribution in [-0.2, 0) is 21.1 Å². The van der Waals surface area contributed by atoms with Crippen molar-refractivity contribution in [1.82, 2.24) is 4.98 Å². The number of carboxylic acid groups (broad SMARTS) is 1. The molecule has 0 aliphatic heterocycles. The Hall–Kier alpha value is -2.94. The number of hydrogen-bond donors (Lipinski definition) is 2. The summed E-state index contributed by atoms with van der Waals surface area (Å²) < 4.78 is 28.6. The quantitative estimate of drug-likeness (QED) is 0.484. The molecule has 0 bridgehead atoms. The molecule has 2 rings (SSSR count). The van der Waals surface area contributed by atoms with Gasteiger partial charge < -0.3 is 9.84 Å². The van der Waals surface area contributed by atoms with Gasteiger partial charge >= 0.3 is 5.97 Å². The lowest BCUT2D eigenvalue weighted by Gasteiger charge is -2.11. The molecule has 150 valence electrons. The van der Waals surface area contributed by atoms with Crippen LogP contribution in [0.15, 0.2) is 46.7 Å². The number of hydrazone groups is 1. The van der Waals surface area contributed by atoms with E-state index >= 15 is 0 Å². The van der Waals surface area contributed by atoms with Crippen LogP contribution in [0, 0.1) is 0 Å². The van der Waals surface area contributed by atoms with Crippen LogP contribution >= 0.6 is 0 Å². The summed E-state index contributed by atoms with van der Waals surface area (Å²) in [6.07, 6.45) is 4.18. The molecule has 1 aromatic heterocycles. The van der Waals surface area contributed by atoms with Gasteiger partial charge in [0.1, 0.15) is 17.2 Å². The fourth-order valence-electron chi connectivity index (χ4n) is 2.39. The van der Waals surface area contributed by atoms with E-state index in [1.165, 1.54) is 18.3 Å². The van der Waals surface area contributed by atoms with Crippen molar-refractivity contribution in [3.63, 3.8) is 0 Å². The lowest BCUT2D eigenvalue weighted by atomic mass is 10.1. The van der Waals surface area contributed by atoms with Crippen LogP contribution in [0.2, 0.25) is 0 Å². The van der Waals surface area contributed by atoms with Gasteiger partial charge in [0.2, 0.25) is 0 Å². The second kappa shape index (κ2) is 9.32. The fourth-order valence-corrected chi connectivity index (χ4v) is 2.95. The van der Waals surface area contributed by atoms with E-state index in [9.17, 15) is 13.2 Å². The highest BCUT2D eigenvalue weighted by atomic mass is 32.2. The zero-order valence-corrected chi connectivity index (χ0v) is 16.8. The van der Waals surface area contributed by atoms with Crippen LogP contribution in [0.4, 0.5) is 5.69 Å². The van der Waals surface area contributed by atoms with Gasteiger partial charge in [0.25, 0.3) is 0 Å². The lowest BCUT2D eigenvalue weighted by Crippen LogP contribution is -2.14. The molecule has 0 atom stereocenters. The molecular weight excluding hydrogens is 382 g/mol. The van der Waals surface area contributed by atoms with Crippen LogP contribution in [0.25, 0.3) is 0 Å². The molecule has 2 aromatic rings. The molecule has 8 nitrogen and oxygen atoms in total. The number of aromatic nitrogens is 1. The first kappa shape index (κ1) is 21.4. The maximum Gasteiger partial charge on any atom is 0.352 e. The highest BCUT2D eigenvalue weighted by molar-refractivity contribution is 7.90. The van der Waals surface area contributed by atoms with Crippen molar-refractivity contribution < 1.29 is 23.1 Å². The number of nitrogens with one attached hydrogen (secondary N) is 1. The lowest BCUT2D eigenvalue weighted by molar-refractivity contribution is -0.129. The van der Waals surface area contributed by atoms with Crippen LogP contribution in [0.5, 0.6) is 11.5 Å². The Labute approximate surface area is 164 Å². The Morgan fingerprint density at radius 3 is 2.46 bits per heavy atom. The Balaban J connectivity index is 2.18. The summed E-state index contributed by atoms with van der Waals surface area (Å²) in [5, 5.41) is 13.1. The molecule has 0 saturated heterocycles. The van der Waals surface area contributed by atoms with Crippen LogP contribution in [0.1, 0.15) is 32.3 Å². The van der Waals surface area contributed by atoms with E-state index < -0.39 is 15.8 Å². The first-order valence-electron chi connectivity index (χ1n) is 8.77. The molecule has 28 heavy (non-hydrogen) atoms. The summed E-state index contributed by atoms with van der Waals surface area (Å²) in [5.74, 6) is -0.0889. The zero-order chi connectivity index (χ0) is 20.7. The first-order valence-corrected chi connectivity index (χ1v) is 10.7. The number of carbonyl (C=O) groups is 1. The number of aliphatic carboxylic acids is 1. The number of anilines is 1. The van der Waals surface area contributed by atoms with Crippen LogP contribution in [-0.4, -0.2) is 36.4 Å². The normalized spacial score (nSPS) is 11.9. The number of nitrogens with zero attached hydrogens (tertiary/aromatic N) is 2. The first-order chi connectivity index (χ1) is 13.2. The van der Waals surface area contributed by atoms with Crippen molar-refractivity contribution >= 4 is 27.2 Å². The molecule has 0 saturated carbocycles. The summed E-state index contributed by atoms with van der Waals surface area (Å²) >= 11 is 0. The van der Waals surface area contributed by atoms with Gasteiger partial charge in [0.05, 0.1) is 11.9 Å². The van der Waals surface area contributed by atoms with E-state index in [-0.39, 0.29) is 10.7 Å².